The number of carbonyl (C=O) groups excluding carboxylic acids is 2. The Kier molecular flexibility index (Phi) is 18.1. The van der Waals surface area contributed by atoms with E-state index in [1.165, 1.54) is 19.6 Å². The van der Waals surface area contributed by atoms with E-state index >= 15 is 0 Å². The molecule has 344 valence electrons. The summed E-state index contributed by atoms with van der Waals surface area (Å²) in [4.78, 5) is 28.6. The first-order chi connectivity index (χ1) is 28.2. The summed E-state index contributed by atoms with van der Waals surface area (Å²) in [5.41, 5.74) is -3.00. The molecule has 3 aliphatic heterocycles. The Balaban J connectivity index is 1.82. The highest BCUT2D eigenvalue weighted by atomic mass is 16.7. The van der Waals surface area contributed by atoms with Crippen molar-refractivity contribution in [3.8, 4) is 0 Å². The second-order valence-corrected chi connectivity index (χ2v) is 18.4. The van der Waals surface area contributed by atoms with E-state index in [2.05, 4.69) is 17.4 Å². The number of aliphatic hydroxyl groups is 3. The van der Waals surface area contributed by atoms with Gasteiger partial charge in [-0.3, -0.25) is 9.59 Å². The summed E-state index contributed by atoms with van der Waals surface area (Å²) in [6.07, 6.45) is -6.10. The Morgan fingerprint density at radius 3 is 2.10 bits per heavy atom. The van der Waals surface area contributed by atoms with Gasteiger partial charge in [-0.1, -0.05) is 58.0 Å². The number of likely N-dealkylation sites (N-methyl/N-ethyl adjacent to an activating group) is 1. The number of hydrogen-bond acceptors (Lipinski definition) is 14. The van der Waals surface area contributed by atoms with Crippen molar-refractivity contribution in [3.63, 3.8) is 0 Å². The van der Waals surface area contributed by atoms with E-state index in [0.717, 1.165) is 12.8 Å². The van der Waals surface area contributed by atoms with E-state index < -0.39 is 102 Å². The highest BCUT2D eigenvalue weighted by Gasteiger charge is 2.54. The topological polar surface area (TPSA) is 181 Å². The highest BCUT2D eigenvalue weighted by Crippen LogP contribution is 2.42. The van der Waals surface area contributed by atoms with Crippen LogP contribution in [0.5, 0.6) is 0 Å². The number of ether oxygens (including phenoxy) is 8. The third-order valence-corrected chi connectivity index (χ3v) is 13.7. The van der Waals surface area contributed by atoms with Gasteiger partial charge < -0.3 is 58.5 Å². The van der Waals surface area contributed by atoms with Crippen molar-refractivity contribution in [2.75, 3.05) is 27.9 Å². The number of cyclic esters (lactones) is 1. The first-order valence-electron chi connectivity index (χ1n) is 22.0. The Morgan fingerprint density at radius 2 is 1.50 bits per heavy atom. The minimum absolute atomic E-state index is 0.129. The van der Waals surface area contributed by atoms with E-state index in [-0.39, 0.29) is 37.2 Å². The lowest BCUT2D eigenvalue weighted by molar-refractivity contribution is -0.320. The first-order valence-corrected chi connectivity index (χ1v) is 22.0. The third kappa shape index (κ3) is 11.5. The predicted octanol–water partition coefficient (Wildman–Crippen LogP) is 4.75. The zero-order valence-corrected chi connectivity index (χ0v) is 38.4. The SMILES string of the molecule is CC[C@H]1OC(=O)[C@H](C)[C@@H](O[C@H]2C[C@@](C)(OC)[C@@H](O)[C@H](C)O2)[C@H](C)[C@@H](O[C@@H]2O[C@H](C)C[C@H](NC)[C@H]2OCCCc2ccccc2)[C@@](C)(OC)C[C@@H](C)C(=O)[C@H](C)[C@@H](O)[C@]1(C)O. The monoisotopic (exact) mass is 852 g/mol. The molecule has 3 heterocycles. The van der Waals surface area contributed by atoms with Crippen LogP contribution in [0.25, 0.3) is 0 Å². The summed E-state index contributed by atoms with van der Waals surface area (Å²) in [5.74, 6) is -4.35. The molecule has 3 fully saturated rings. The van der Waals surface area contributed by atoms with Gasteiger partial charge in [0.15, 0.2) is 12.6 Å². The maximum atomic E-state index is 14.4. The van der Waals surface area contributed by atoms with Gasteiger partial charge in [0.1, 0.15) is 29.7 Å². The average Bonchev–Trinajstić information content (AvgIpc) is 3.22. The molecule has 3 saturated heterocycles. The maximum absolute atomic E-state index is 14.4. The fraction of sp³-hybridized carbons (Fsp3) is 0.826. The van der Waals surface area contributed by atoms with Gasteiger partial charge in [0, 0.05) is 51.0 Å². The van der Waals surface area contributed by atoms with E-state index in [0.29, 0.717) is 13.0 Å². The van der Waals surface area contributed by atoms with Crippen molar-refractivity contribution in [3.05, 3.63) is 35.9 Å². The number of methoxy groups -OCH3 is 2. The molecule has 1 aromatic rings. The van der Waals surface area contributed by atoms with Crippen LogP contribution in [0, 0.1) is 23.7 Å². The molecule has 60 heavy (non-hydrogen) atoms. The summed E-state index contributed by atoms with van der Waals surface area (Å²) >= 11 is 0. The van der Waals surface area contributed by atoms with Crippen LogP contribution in [0.3, 0.4) is 0 Å². The fourth-order valence-corrected chi connectivity index (χ4v) is 9.70. The molecular formula is C46H77NO13. The van der Waals surface area contributed by atoms with Crippen LogP contribution in [-0.4, -0.2) is 139 Å². The Bertz CT molecular complexity index is 1500. The van der Waals surface area contributed by atoms with Gasteiger partial charge in [-0.25, -0.2) is 0 Å². The smallest absolute Gasteiger partial charge is 0.311 e. The number of benzene rings is 1. The molecule has 3 aliphatic rings. The normalized spacial score (nSPS) is 43.9. The van der Waals surface area contributed by atoms with Crippen LogP contribution >= 0.6 is 0 Å². The number of carbonyl (C=O) groups is 2. The second kappa shape index (κ2) is 21.5. The predicted molar refractivity (Wildman–Crippen MR) is 225 cm³/mol. The van der Waals surface area contributed by atoms with Gasteiger partial charge in [-0.05, 0) is 86.3 Å². The lowest BCUT2D eigenvalue weighted by Gasteiger charge is -2.50. The van der Waals surface area contributed by atoms with Crippen molar-refractivity contribution in [1.82, 2.24) is 5.32 Å². The van der Waals surface area contributed by atoms with E-state index in [9.17, 15) is 24.9 Å². The lowest BCUT2D eigenvalue weighted by atomic mass is 9.74. The highest BCUT2D eigenvalue weighted by molar-refractivity contribution is 5.83. The minimum Gasteiger partial charge on any atom is -0.459 e. The van der Waals surface area contributed by atoms with Gasteiger partial charge in [0.05, 0.1) is 47.6 Å². The molecule has 0 spiro atoms. The minimum atomic E-state index is -1.96. The quantitative estimate of drug-likeness (QED) is 0.158. The van der Waals surface area contributed by atoms with Gasteiger partial charge in [0.25, 0.3) is 0 Å². The van der Waals surface area contributed by atoms with Crippen LogP contribution in [0.2, 0.25) is 0 Å². The number of esters is 1. The molecule has 0 aromatic heterocycles. The maximum Gasteiger partial charge on any atom is 0.311 e. The Hall–Kier alpha value is -2.08. The number of Topliss-reactive ketones (excluding diaryl/α,β-unsaturated/α-hetero) is 1. The van der Waals surface area contributed by atoms with Crippen LogP contribution in [-0.2, 0) is 53.9 Å². The second-order valence-electron chi connectivity index (χ2n) is 18.4. The summed E-state index contributed by atoms with van der Waals surface area (Å²) in [5, 5.41) is 37.8. The van der Waals surface area contributed by atoms with Gasteiger partial charge in [-0.2, -0.15) is 0 Å². The van der Waals surface area contributed by atoms with Crippen molar-refractivity contribution in [1.29, 1.82) is 0 Å². The number of ketones is 1. The van der Waals surface area contributed by atoms with Crippen LogP contribution < -0.4 is 5.32 Å². The number of aryl methyl sites for hydroxylation is 1. The molecule has 0 unspecified atom stereocenters. The molecule has 14 heteroatoms. The first kappa shape index (κ1) is 50.6. The summed E-state index contributed by atoms with van der Waals surface area (Å²) in [7, 11) is 4.97. The van der Waals surface area contributed by atoms with Crippen molar-refractivity contribution >= 4 is 11.8 Å². The zero-order chi connectivity index (χ0) is 44.7. The largest absolute Gasteiger partial charge is 0.459 e. The van der Waals surface area contributed by atoms with Crippen molar-refractivity contribution in [2.45, 2.75) is 192 Å². The summed E-state index contributed by atoms with van der Waals surface area (Å²) in [6, 6.07) is 10.1. The molecule has 0 bridgehead atoms. The van der Waals surface area contributed by atoms with Crippen molar-refractivity contribution < 1.29 is 62.8 Å². The zero-order valence-electron chi connectivity index (χ0n) is 38.4. The lowest BCUT2D eigenvalue weighted by Crippen LogP contribution is -2.61. The number of hydrogen-bond donors (Lipinski definition) is 4. The van der Waals surface area contributed by atoms with E-state index in [4.69, 9.17) is 37.9 Å². The molecule has 4 rings (SSSR count). The summed E-state index contributed by atoms with van der Waals surface area (Å²) in [6.45, 7) is 17.9. The molecule has 0 amide bonds. The molecule has 0 aliphatic carbocycles. The molecule has 0 saturated carbocycles. The molecule has 18 atom stereocenters. The summed E-state index contributed by atoms with van der Waals surface area (Å²) < 4.78 is 51.8. The van der Waals surface area contributed by atoms with E-state index in [1.54, 1.807) is 48.7 Å². The molecule has 0 radical (unpaired) electrons. The average molecular weight is 852 g/mol. The van der Waals surface area contributed by atoms with Gasteiger partial charge >= 0.3 is 5.97 Å². The number of aliphatic hydroxyl groups excluding tert-OH is 2. The third-order valence-electron chi connectivity index (χ3n) is 13.7. The molecular weight excluding hydrogens is 774 g/mol. The van der Waals surface area contributed by atoms with Gasteiger partial charge in [-0.15, -0.1) is 0 Å². The Morgan fingerprint density at radius 1 is 0.850 bits per heavy atom. The fourth-order valence-electron chi connectivity index (χ4n) is 9.70. The van der Waals surface area contributed by atoms with Crippen LogP contribution in [0.1, 0.15) is 107 Å². The van der Waals surface area contributed by atoms with E-state index in [1.807, 2.05) is 46.0 Å². The standard InChI is InChI=1S/C46H77NO13/c1-14-34-46(10,52)39(49)28(4)36(48)26(2)24-45(9,54-13)41(29(5)37(30(6)42(51)58-34)59-35-25-44(8,53-12)40(50)31(7)57-35)60-43-38(33(47-11)23-27(3)56-43)55-22-18-21-32-19-16-15-17-20-32/h15-17,19-20,26-31,33-35,37-41,43,47,49-50,52H,14,18,21-25H2,1-13H3/t26-,27-,28+,29+,30-,31+,33+,34-,35+,37+,38-,39-,40+,41-,43+,44-,45+,46-/m1/s1. The Labute approximate surface area is 358 Å². The molecule has 4 N–H and O–H groups in total. The number of rotatable bonds is 13. The van der Waals surface area contributed by atoms with Crippen molar-refractivity contribution in [2.24, 2.45) is 23.7 Å². The van der Waals surface area contributed by atoms with Crippen LogP contribution in [0.15, 0.2) is 30.3 Å². The molecule has 14 nitrogen and oxygen atoms in total. The van der Waals surface area contributed by atoms with Gasteiger partial charge in [0.2, 0.25) is 0 Å². The van der Waals surface area contributed by atoms with Crippen LogP contribution in [0.4, 0.5) is 0 Å². The molecule has 1 aromatic carbocycles. The number of nitrogens with one attached hydrogen (secondary N) is 1.